The molecule has 0 bridgehead atoms. The van der Waals surface area contributed by atoms with E-state index in [0.29, 0.717) is 11.8 Å². The summed E-state index contributed by atoms with van der Waals surface area (Å²) in [7, 11) is 0. The molecule has 2 aromatic heterocycles. The van der Waals surface area contributed by atoms with Gasteiger partial charge in [0.1, 0.15) is 5.69 Å². The fourth-order valence-electron chi connectivity index (χ4n) is 3.69. The number of nitrogens with zero attached hydrogens (tertiary/aromatic N) is 3. The number of hydrogen-bond donors (Lipinski definition) is 0. The van der Waals surface area contributed by atoms with Crippen molar-refractivity contribution >= 4 is 22.4 Å². The van der Waals surface area contributed by atoms with E-state index in [1.54, 1.807) is 11.3 Å². The van der Waals surface area contributed by atoms with Crippen LogP contribution in [0.4, 0.5) is 0 Å². The molecule has 4 rings (SSSR count). The van der Waals surface area contributed by atoms with Gasteiger partial charge in [-0.1, -0.05) is 44.2 Å². The van der Waals surface area contributed by atoms with E-state index in [1.807, 2.05) is 38.1 Å². The third-order valence-electron chi connectivity index (χ3n) is 5.30. The quantitative estimate of drug-likeness (QED) is 0.255. The van der Waals surface area contributed by atoms with E-state index >= 15 is 0 Å². The van der Waals surface area contributed by atoms with Gasteiger partial charge in [-0.15, -0.1) is 11.3 Å². The first-order valence-corrected chi connectivity index (χ1v) is 12.3. The Morgan fingerprint density at radius 1 is 0.844 bits per heavy atom. The molecule has 32 heavy (non-hydrogen) atoms. The molecule has 4 aromatic rings. The minimum Gasteiger partial charge on any atom is -0.473 e. The fourth-order valence-corrected chi connectivity index (χ4v) is 4.56. The van der Waals surface area contributed by atoms with E-state index in [1.165, 1.54) is 16.3 Å². The second-order valence-corrected chi connectivity index (χ2v) is 9.66. The van der Waals surface area contributed by atoms with E-state index in [9.17, 15) is 0 Å². The maximum atomic E-state index is 6.03. The number of ether oxygens (including phenoxy) is 1. The second-order valence-electron chi connectivity index (χ2n) is 8.77. The summed E-state index contributed by atoms with van der Waals surface area (Å²) in [5, 5.41) is 3.45. The summed E-state index contributed by atoms with van der Waals surface area (Å²) in [6.07, 6.45) is 4.40. The van der Waals surface area contributed by atoms with Crippen molar-refractivity contribution in [2.45, 2.75) is 65.4 Å². The third kappa shape index (κ3) is 5.52. The minimum absolute atomic E-state index is 0.0364. The summed E-state index contributed by atoms with van der Waals surface area (Å²) in [5.74, 6) is 1.11. The predicted octanol–water partition coefficient (Wildman–Crippen LogP) is 7.23. The monoisotopic (exact) mass is 445 g/mol. The van der Waals surface area contributed by atoms with Crippen LogP contribution in [0.25, 0.3) is 22.3 Å². The Hall–Kier alpha value is -2.79. The predicted molar refractivity (Wildman–Crippen MR) is 134 cm³/mol. The van der Waals surface area contributed by atoms with Crippen LogP contribution < -0.4 is 4.74 Å². The van der Waals surface area contributed by atoms with E-state index in [0.717, 1.165) is 48.0 Å². The maximum Gasteiger partial charge on any atom is 0.241 e. The summed E-state index contributed by atoms with van der Waals surface area (Å²) in [5.41, 5.74) is 6.14. The van der Waals surface area contributed by atoms with Crippen LogP contribution in [-0.2, 0) is 12.8 Å². The second kappa shape index (κ2) is 10.2. The lowest BCUT2D eigenvalue weighted by molar-refractivity contribution is 0.234. The standard InChI is InChI=1S/C27H31N3OS/c1-18(2)27-28-22(17-32-27)13-6-5-10-20-11-9-12-21(16-20)25-26(31-19(3)4)30-24-15-8-7-14-23(24)29-25/h7-9,11-12,14-19H,5-6,10,13H2,1-4H3. The molecule has 2 heterocycles. The highest BCUT2D eigenvalue weighted by molar-refractivity contribution is 7.09. The van der Waals surface area contributed by atoms with Crippen molar-refractivity contribution in [1.29, 1.82) is 0 Å². The van der Waals surface area contributed by atoms with Gasteiger partial charge in [0.2, 0.25) is 5.88 Å². The van der Waals surface area contributed by atoms with E-state index in [-0.39, 0.29) is 6.10 Å². The van der Waals surface area contributed by atoms with Crippen LogP contribution in [0.1, 0.15) is 62.7 Å². The van der Waals surface area contributed by atoms with Crippen molar-refractivity contribution < 1.29 is 4.74 Å². The highest BCUT2D eigenvalue weighted by atomic mass is 32.1. The summed E-state index contributed by atoms with van der Waals surface area (Å²) < 4.78 is 6.03. The lowest BCUT2D eigenvalue weighted by Crippen LogP contribution is -2.09. The third-order valence-corrected chi connectivity index (χ3v) is 6.49. The van der Waals surface area contributed by atoms with Gasteiger partial charge < -0.3 is 4.74 Å². The van der Waals surface area contributed by atoms with Gasteiger partial charge in [0.05, 0.1) is 27.8 Å². The van der Waals surface area contributed by atoms with Crippen LogP contribution in [0.2, 0.25) is 0 Å². The molecule has 0 radical (unpaired) electrons. The molecule has 4 nitrogen and oxygen atoms in total. The van der Waals surface area contributed by atoms with Gasteiger partial charge in [-0.3, -0.25) is 0 Å². The van der Waals surface area contributed by atoms with E-state index < -0.39 is 0 Å². The zero-order valence-electron chi connectivity index (χ0n) is 19.3. The Bertz CT molecular complexity index is 1180. The van der Waals surface area contributed by atoms with Crippen molar-refractivity contribution in [3.8, 4) is 17.1 Å². The average Bonchev–Trinajstić information content (AvgIpc) is 3.25. The number of unbranched alkanes of at least 4 members (excludes halogenated alkanes) is 1. The van der Waals surface area contributed by atoms with Crippen molar-refractivity contribution in [2.24, 2.45) is 0 Å². The molecule has 5 heteroatoms. The Labute approximate surface area is 194 Å². The van der Waals surface area contributed by atoms with Gasteiger partial charge >= 0.3 is 0 Å². The van der Waals surface area contributed by atoms with Crippen LogP contribution in [-0.4, -0.2) is 21.1 Å². The molecule has 0 saturated heterocycles. The average molecular weight is 446 g/mol. The Morgan fingerprint density at radius 3 is 2.31 bits per heavy atom. The SMILES string of the molecule is CC(C)Oc1nc2ccccc2nc1-c1cccc(CCCCc2csc(C(C)C)n2)c1. The Kier molecular flexibility index (Phi) is 7.15. The maximum absolute atomic E-state index is 6.03. The molecule has 0 aliphatic rings. The molecule has 0 amide bonds. The highest BCUT2D eigenvalue weighted by Gasteiger charge is 2.14. The molecule has 0 spiro atoms. The zero-order chi connectivity index (χ0) is 22.5. The molecule has 0 aliphatic heterocycles. The molecule has 0 saturated carbocycles. The van der Waals surface area contributed by atoms with Gasteiger partial charge in [0.15, 0.2) is 0 Å². The summed E-state index contributed by atoms with van der Waals surface area (Å²) in [6.45, 7) is 8.44. The Morgan fingerprint density at radius 2 is 1.59 bits per heavy atom. The smallest absolute Gasteiger partial charge is 0.241 e. The number of rotatable bonds is 9. The summed E-state index contributed by atoms with van der Waals surface area (Å²) in [4.78, 5) is 14.4. The molecular weight excluding hydrogens is 414 g/mol. The molecule has 0 atom stereocenters. The van der Waals surface area contributed by atoms with Crippen LogP contribution in [0.15, 0.2) is 53.9 Å². The van der Waals surface area contributed by atoms with Crippen molar-refractivity contribution in [1.82, 2.24) is 15.0 Å². The molecule has 0 aliphatic carbocycles. The van der Waals surface area contributed by atoms with Crippen LogP contribution >= 0.6 is 11.3 Å². The van der Waals surface area contributed by atoms with Gasteiger partial charge in [-0.2, -0.15) is 0 Å². The van der Waals surface area contributed by atoms with E-state index in [2.05, 4.69) is 43.5 Å². The van der Waals surface area contributed by atoms with Crippen LogP contribution in [0.5, 0.6) is 5.88 Å². The molecule has 0 N–H and O–H groups in total. The molecule has 0 fully saturated rings. The summed E-state index contributed by atoms with van der Waals surface area (Å²) in [6, 6.07) is 16.6. The highest BCUT2D eigenvalue weighted by Crippen LogP contribution is 2.30. The van der Waals surface area contributed by atoms with Gasteiger partial charge in [0, 0.05) is 16.9 Å². The molecule has 166 valence electrons. The first-order chi connectivity index (χ1) is 15.5. The van der Waals surface area contributed by atoms with Crippen molar-refractivity contribution in [2.75, 3.05) is 0 Å². The van der Waals surface area contributed by atoms with Crippen LogP contribution in [0.3, 0.4) is 0 Å². The largest absolute Gasteiger partial charge is 0.473 e. The normalized spacial score (nSPS) is 11.6. The first kappa shape index (κ1) is 22.4. The molecular formula is C27H31N3OS. The number of aryl methyl sites for hydroxylation is 2. The van der Waals surface area contributed by atoms with E-state index in [4.69, 9.17) is 19.7 Å². The first-order valence-electron chi connectivity index (χ1n) is 11.5. The van der Waals surface area contributed by atoms with Crippen LogP contribution in [0, 0.1) is 0 Å². The van der Waals surface area contributed by atoms with Gasteiger partial charge in [-0.25, -0.2) is 15.0 Å². The number of thiazole rings is 1. The van der Waals surface area contributed by atoms with Crippen molar-refractivity contribution in [3.63, 3.8) is 0 Å². The van der Waals surface area contributed by atoms with Gasteiger partial charge in [-0.05, 0) is 63.3 Å². The molecule has 0 unspecified atom stereocenters. The number of hydrogen-bond acceptors (Lipinski definition) is 5. The topological polar surface area (TPSA) is 47.9 Å². The zero-order valence-corrected chi connectivity index (χ0v) is 20.2. The number of para-hydroxylation sites is 2. The molecule has 2 aromatic carbocycles. The Balaban J connectivity index is 1.48. The van der Waals surface area contributed by atoms with Crippen molar-refractivity contribution in [3.05, 3.63) is 70.2 Å². The number of aromatic nitrogens is 3. The number of benzene rings is 2. The summed E-state index contributed by atoms with van der Waals surface area (Å²) >= 11 is 1.78. The lowest BCUT2D eigenvalue weighted by atomic mass is 10.0. The van der Waals surface area contributed by atoms with Gasteiger partial charge in [0.25, 0.3) is 0 Å². The lowest BCUT2D eigenvalue weighted by Gasteiger charge is -2.14. The number of fused-ring (bicyclic) bond motifs is 1. The minimum atomic E-state index is 0.0364. The fraction of sp³-hybridized carbons (Fsp3) is 0.370.